The number of carbonyl (C=O) groups is 1. The minimum absolute atomic E-state index is 0.359. The summed E-state index contributed by atoms with van der Waals surface area (Å²) >= 11 is 0. The molecule has 0 aliphatic rings. The van der Waals surface area contributed by atoms with Crippen molar-refractivity contribution in [2.45, 2.75) is 12.8 Å². The molecule has 7 nitrogen and oxygen atoms in total. The number of nitro groups is 1. The normalized spacial score (nSPS) is 10.1. The molecule has 94 valence electrons. The van der Waals surface area contributed by atoms with E-state index in [2.05, 4.69) is 4.98 Å². The molecule has 9 heteroatoms. The Morgan fingerprint density at radius 3 is 2.67 bits per heavy atom. The van der Waals surface area contributed by atoms with Crippen molar-refractivity contribution >= 4 is 11.8 Å². The molecule has 0 fully saturated rings. The highest BCUT2D eigenvalue weighted by atomic mass is 19.3. The van der Waals surface area contributed by atoms with Gasteiger partial charge in [-0.05, 0) is 21.5 Å². The number of carboxylic acids is 1. The third kappa shape index (κ3) is 2.73. The zero-order valence-corrected chi connectivity index (χ0v) is 8.63. The van der Waals surface area contributed by atoms with Crippen molar-refractivity contribution in [3.05, 3.63) is 33.0 Å². The molecule has 0 bridgehead atoms. The van der Waals surface area contributed by atoms with Gasteiger partial charge in [-0.2, -0.15) is 5.26 Å². The third-order valence-electron chi connectivity index (χ3n) is 1.95. The maximum absolute atomic E-state index is 12.4. The molecular weight excluding hydrogens is 252 g/mol. The van der Waals surface area contributed by atoms with Crippen LogP contribution in [0, 0.1) is 21.4 Å². The van der Waals surface area contributed by atoms with Gasteiger partial charge in [0.15, 0.2) is 5.56 Å². The lowest BCUT2D eigenvalue weighted by Crippen LogP contribution is -2.08. The second-order valence-electron chi connectivity index (χ2n) is 3.14. The van der Waals surface area contributed by atoms with Crippen molar-refractivity contribution in [1.29, 1.82) is 5.26 Å². The van der Waals surface area contributed by atoms with Crippen LogP contribution < -0.4 is 0 Å². The summed E-state index contributed by atoms with van der Waals surface area (Å²) in [7, 11) is 0. The van der Waals surface area contributed by atoms with Crippen molar-refractivity contribution in [1.82, 2.24) is 4.98 Å². The van der Waals surface area contributed by atoms with Gasteiger partial charge in [0.1, 0.15) is 6.07 Å². The number of hydrogen-bond donors (Lipinski definition) is 1. The average molecular weight is 257 g/mol. The van der Waals surface area contributed by atoms with E-state index >= 15 is 0 Å². The first-order valence-corrected chi connectivity index (χ1v) is 4.45. The van der Waals surface area contributed by atoms with E-state index in [1.807, 2.05) is 0 Å². The maximum Gasteiger partial charge on any atom is 0.382 e. The van der Waals surface area contributed by atoms with Crippen LogP contribution in [0.4, 0.5) is 14.6 Å². The number of aliphatic carboxylic acids is 1. The van der Waals surface area contributed by atoms with Crippen LogP contribution in [-0.2, 0) is 11.2 Å². The first-order valence-electron chi connectivity index (χ1n) is 4.45. The quantitative estimate of drug-likeness (QED) is 0.643. The molecule has 0 aliphatic heterocycles. The van der Waals surface area contributed by atoms with Gasteiger partial charge in [0.25, 0.3) is 0 Å². The molecule has 0 atom stereocenters. The summed E-state index contributed by atoms with van der Waals surface area (Å²) in [6.07, 6.45) is -3.87. The first kappa shape index (κ1) is 13.4. The smallest absolute Gasteiger partial charge is 0.382 e. The van der Waals surface area contributed by atoms with E-state index < -0.39 is 40.8 Å². The number of carboxylic acid groups (broad SMARTS) is 1. The van der Waals surface area contributed by atoms with Gasteiger partial charge in [0, 0.05) is 0 Å². The Labute approximate surface area is 98.4 Å². The largest absolute Gasteiger partial charge is 0.481 e. The highest BCUT2D eigenvalue weighted by Crippen LogP contribution is 2.26. The van der Waals surface area contributed by atoms with Crippen LogP contribution in [-0.4, -0.2) is 21.0 Å². The van der Waals surface area contributed by atoms with Crippen molar-refractivity contribution in [3.63, 3.8) is 0 Å². The van der Waals surface area contributed by atoms with Gasteiger partial charge in [0.2, 0.25) is 5.69 Å². The number of nitrogens with zero attached hydrogens (tertiary/aromatic N) is 3. The number of halogens is 2. The average Bonchev–Trinajstić information content (AvgIpc) is 2.26. The third-order valence-corrected chi connectivity index (χ3v) is 1.95. The summed E-state index contributed by atoms with van der Waals surface area (Å²) in [6, 6.07) is 2.09. The second kappa shape index (κ2) is 5.13. The van der Waals surface area contributed by atoms with Gasteiger partial charge in [-0.15, -0.1) is 0 Å². The Kier molecular flexibility index (Phi) is 3.83. The van der Waals surface area contributed by atoms with Crippen LogP contribution in [0.3, 0.4) is 0 Å². The molecule has 0 aliphatic carbocycles. The molecule has 0 radical (unpaired) electrons. The number of aromatic nitrogens is 1. The maximum atomic E-state index is 12.4. The molecule has 0 saturated carbocycles. The van der Waals surface area contributed by atoms with Gasteiger partial charge in [-0.25, -0.2) is 8.78 Å². The molecule has 1 aromatic heterocycles. The van der Waals surface area contributed by atoms with E-state index in [0.717, 1.165) is 0 Å². The summed E-state index contributed by atoms with van der Waals surface area (Å²) in [6.45, 7) is 0. The predicted octanol–water partition coefficient (Wildman–Crippen LogP) is 1.43. The van der Waals surface area contributed by atoms with Crippen molar-refractivity contribution in [3.8, 4) is 6.07 Å². The molecule has 0 saturated heterocycles. The fourth-order valence-corrected chi connectivity index (χ4v) is 1.27. The summed E-state index contributed by atoms with van der Waals surface area (Å²) in [4.78, 5) is 23.0. The second-order valence-corrected chi connectivity index (χ2v) is 3.14. The van der Waals surface area contributed by atoms with Crippen LogP contribution in [0.25, 0.3) is 0 Å². The van der Waals surface area contributed by atoms with E-state index in [1.165, 1.54) is 6.07 Å². The molecule has 1 aromatic rings. The molecule has 0 spiro atoms. The molecule has 1 heterocycles. The molecule has 1 N–H and O–H groups in total. The van der Waals surface area contributed by atoms with Gasteiger partial charge in [-0.1, -0.05) is 0 Å². The zero-order valence-electron chi connectivity index (χ0n) is 8.63. The zero-order chi connectivity index (χ0) is 13.9. The summed E-state index contributed by atoms with van der Waals surface area (Å²) in [5, 5.41) is 27.9. The monoisotopic (exact) mass is 257 g/mol. The number of hydrogen-bond acceptors (Lipinski definition) is 5. The predicted molar refractivity (Wildman–Crippen MR) is 51.9 cm³/mol. The van der Waals surface area contributed by atoms with Gasteiger partial charge in [-0.3, -0.25) is 4.79 Å². The van der Waals surface area contributed by atoms with Crippen molar-refractivity contribution in [2.24, 2.45) is 0 Å². The summed E-state index contributed by atoms with van der Waals surface area (Å²) in [5.41, 5.74) is -1.91. The SMILES string of the molecule is N#Cc1c(CC(=O)O)cc(C(F)F)nc1[N+](=O)[O-]. The first-order chi connectivity index (χ1) is 8.36. The van der Waals surface area contributed by atoms with Crippen LogP contribution in [0.15, 0.2) is 6.07 Å². The van der Waals surface area contributed by atoms with Crippen LogP contribution >= 0.6 is 0 Å². The van der Waals surface area contributed by atoms with Crippen LogP contribution in [0.5, 0.6) is 0 Å². The lowest BCUT2D eigenvalue weighted by atomic mass is 10.1. The van der Waals surface area contributed by atoms with E-state index in [0.29, 0.717) is 6.07 Å². The molecule has 18 heavy (non-hydrogen) atoms. The lowest BCUT2D eigenvalue weighted by molar-refractivity contribution is -0.390. The fraction of sp³-hybridized carbons (Fsp3) is 0.222. The van der Waals surface area contributed by atoms with Crippen molar-refractivity contribution < 1.29 is 23.6 Å². The Hall–Kier alpha value is -2.63. The lowest BCUT2D eigenvalue weighted by Gasteiger charge is -2.03. The minimum atomic E-state index is -3.09. The van der Waals surface area contributed by atoms with E-state index in [-0.39, 0.29) is 5.56 Å². The number of nitriles is 1. The highest BCUT2D eigenvalue weighted by molar-refractivity contribution is 5.72. The Morgan fingerprint density at radius 1 is 1.67 bits per heavy atom. The standard InChI is InChI=1S/C9H5F2N3O4/c10-8(11)6-1-4(2-7(15)16)5(3-12)9(13-6)14(17)18/h1,8H,2H2,(H,15,16). The van der Waals surface area contributed by atoms with E-state index in [4.69, 9.17) is 10.4 Å². The van der Waals surface area contributed by atoms with Crippen LogP contribution in [0.2, 0.25) is 0 Å². The Morgan fingerprint density at radius 2 is 2.28 bits per heavy atom. The van der Waals surface area contributed by atoms with Gasteiger partial charge >= 0.3 is 18.2 Å². The number of rotatable bonds is 4. The molecule has 1 rings (SSSR count). The topological polar surface area (TPSA) is 117 Å². The molecular formula is C9H5F2N3O4. The number of pyridine rings is 1. The fourth-order valence-electron chi connectivity index (χ4n) is 1.27. The van der Waals surface area contributed by atoms with E-state index in [1.54, 1.807) is 0 Å². The molecule has 0 amide bonds. The van der Waals surface area contributed by atoms with Crippen LogP contribution in [0.1, 0.15) is 23.2 Å². The highest BCUT2D eigenvalue weighted by Gasteiger charge is 2.27. The Balaban J connectivity index is 3.51. The van der Waals surface area contributed by atoms with E-state index in [9.17, 15) is 23.7 Å². The minimum Gasteiger partial charge on any atom is -0.481 e. The van der Waals surface area contributed by atoms with Crippen molar-refractivity contribution in [2.75, 3.05) is 0 Å². The molecule has 0 unspecified atom stereocenters. The summed E-state index contributed by atoms with van der Waals surface area (Å²) < 4.78 is 24.9. The summed E-state index contributed by atoms with van der Waals surface area (Å²) in [5.74, 6) is -2.46. The number of alkyl halides is 2. The van der Waals surface area contributed by atoms with Gasteiger partial charge in [0.05, 0.1) is 6.42 Å². The van der Waals surface area contributed by atoms with Gasteiger partial charge < -0.3 is 15.2 Å². The Bertz CT molecular complexity index is 553. The molecule has 0 aromatic carbocycles.